The van der Waals surface area contributed by atoms with Gasteiger partial charge in [0.05, 0.1) is 19.3 Å². The highest BCUT2D eigenvalue weighted by atomic mass is 31.1. The topological polar surface area (TPSA) is 56.8 Å². The van der Waals surface area contributed by atoms with Gasteiger partial charge in [-0.1, -0.05) is 45.4 Å². The van der Waals surface area contributed by atoms with Crippen molar-refractivity contribution in [2.24, 2.45) is 0 Å². The number of hydrogen-bond acceptors (Lipinski definition) is 5. The van der Waals surface area contributed by atoms with Crippen LogP contribution in [-0.2, 0) is 18.7 Å². The van der Waals surface area contributed by atoms with Crippen molar-refractivity contribution in [1.29, 1.82) is 0 Å². The van der Waals surface area contributed by atoms with Crippen molar-refractivity contribution >= 4 is 8.03 Å². The monoisotopic (exact) mass is 379 g/mol. The van der Waals surface area contributed by atoms with Gasteiger partial charge in [-0.25, -0.2) is 5.48 Å². The van der Waals surface area contributed by atoms with Crippen LogP contribution in [0.4, 0.5) is 0 Å². The van der Waals surface area contributed by atoms with Crippen molar-refractivity contribution in [2.45, 2.75) is 103 Å². The summed E-state index contributed by atoms with van der Waals surface area (Å²) in [4.78, 5) is 4.80. The van der Waals surface area contributed by atoms with Crippen molar-refractivity contribution in [3.05, 3.63) is 0 Å². The third-order valence-corrected chi connectivity index (χ3v) is 5.97. The first kappa shape index (κ1) is 25.1. The molecule has 0 aromatic rings. The molecule has 25 heavy (non-hydrogen) atoms. The molecule has 0 aliphatic heterocycles. The Labute approximate surface area is 156 Å². The fourth-order valence-electron chi connectivity index (χ4n) is 2.71. The summed E-state index contributed by atoms with van der Waals surface area (Å²) in [5, 5.41) is -0.666. The molecule has 0 heterocycles. The lowest BCUT2D eigenvalue weighted by Crippen LogP contribution is -2.34. The lowest BCUT2D eigenvalue weighted by molar-refractivity contribution is -0.0820. The van der Waals surface area contributed by atoms with E-state index in [1.807, 2.05) is 34.6 Å². The summed E-state index contributed by atoms with van der Waals surface area (Å²) in [5.41, 5.74) is 2.55. The second-order valence-electron chi connectivity index (χ2n) is 7.86. The maximum atomic E-state index is 12.5. The zero-order valence-electron chi connectivity index (χ0n) is 17.4. The zero-order valence-corrected chi connectivity index (χ0v) is 18.4. The molecule has 1 N–H and O–H groups in total. The summed E-state index contributed by atoms with van der Waals surface area (Å²) in [7, 11) is -0.557. The van der Waals surface area contributed by atoms with Crippen molar-refractivity contribution in [1.82, 2.24) is 5.48 Å². The van der Waals surface area contributed by atoms with Crippen molar-refractivity contribution in [3.8, 4) is 0 Å². The predicted molar refractivity (Wildman–Crippen MR) is 106 cm³/mol. The molecular weight excluding hydrogens is 337 g/mol. The Kier molecular flexibility index (Phi) is 14.2. The molecule has 0 saturated heterocycles. The Morgan fingerprint density at radius 1 is 0.880 bits per heavy atom. The molecule has 152 valence electrons. The average molecular weight is 380 g/mol. The van der Waals surface area contributed by atoms with E-state index in [9.17, 15) is 4.57 Å². The smallest absolute Gasteiger partial charge is 0.222 e. The van der Waals surface area contributed by atoms with Crippen LogP contribution in [0.5, 0.6) is 0 Å². The number of hydroxylamine groups is 1. The van der Waals surface area contributed by atoms with Crippen LogP contribution >= 0.6 is 8.03 Å². The van der Waals surface area contributed by atoms with Gasteiger partial charge in [0, 0.05) is 6.54 Å². The van der Waals surface area contributed by atoms with Crippen molar-refractivity contribution in [3.63, 3.8) is 0 Å². The second-order valence-corrected chi connectivity index (χ2v) is 9.78. The summed E-state index contributed by atoms with van der Waals surface area (Å²) in [6, 6.07) is 0. The fourth-order valence-corrected chi connectivity index (χ4v) is 4.03. The molecule has 2 unspecified atom stereocenters. The SMILES string of the molecule is CCC(C)(OC(C)(C)C)[PH](=O)OCCCCCCCCCCNOC. The first-order valence-corrected chi connectivity index (χ1v) is 11.2. The summed E-state index contributed by atoms with van der Waals surface area (Å²) in [6.07, 6.45) is 10.3. The quantitative estimate of drug-likeness (QED) is 0.212. The van der Waals surface area contributed by atoms with Crippen LogP contribution in [0.3, 0.4) is 0 Å². The Bertz CT molecular complexity index is 347. The molecule has 0 saturated carbocycles. The van der Waals surface area contributed by atoms with Gasteiger partial charge < -0.3 is 14.1 Å². The number of unbranched alkanes of at least 4 members (excludes halogenated alkanes) is 7. The maximum absolute atomic E-state index is 12.5. The summed E-state index contributed by atoms with van der Waals surface area (Å²) in [5.74, 6) is 0. The fraction of sp³-hybridized carbons (Fsp3) is 1.00. The number of hydrogen-bond donors (Lipinski definition) is 1. The molecule has 0 radical (unpaired) electrons. The maximum Gasteiger partial charge on any atom is 0.222 e. The Morgan fingerprint density at radius 2 is 1.40 bits per heavy atom. The van der Waals surface area contributed by atoms with Crippen LogP contribution in [0.1, 0.15) is 92.4 Å². The number of nitrogens with one attached hydrogen (secondary N) is 1. The van der Waals surface area contributed by atoms with Crippen LogP contribution in [0.25, 0.3) is 0 Å². The van der Waals surface area contributed by atoms with Gasteiger partial charge in [0.1, 0.15) is 5.34 Å². The van der Waals surface area contributed by atoms with Crippen LogP contribution in [0.2, 0.25) is 0 Å². The minimum Gasteiger partial charge on any atom is -0.360 e. The molecular formula is C19H42NO4P. The molecule has 0 spiro atoms. The molecule has 0 aromatic heterocycles. The minimum absolute atomic E-state index is 0.311. The first-order valence-electron chi connectivity index (χ1n) is 9.88. The number of ether oxygens (including phenoxy) is 1. The van der Waals surface area contributed by atoms with E-state index in [4.69, 9.17) is 14.1 Å². The van der Waals surface area contributed by atoms with Crippen molar-refractivity contribution in [2.75, 3.05) is 20.3 Å². The standard InChI is InChI=1S/C19H42NO4P/c1-7-19(5,24-18(2,3)4)25(21)23-17-15-13-11-9-8-10-12-14-16-20-22-6/h20,25H,7-17H2,1-6H3. The lowest BCUT2D eigenvalue weighted by atomic mass is 10.1. The Hall–Kier alpha value is 0.0700. The van der Waals surface area contributed by atoms with E-state index in [2.05, 4.69) is 5.48 Å². The van der Waals surface area contributed by atoms with Gasteiger partial charge >= 0.3 is 0 Å². The Balaban J connectivity index is 3.65. The second kappa shape index (κ2) is 14.2. The molecule has 0 aliphatic rings. The Morgan fingerprint density at radius 3 is 1.88 bits per heavy atom. The molecule has 0 aliphatic carbocycles. The molecule has 0 rings (SSSR count). The average Bonchev–Trinajstić information content (AvgIpc) is 2.54. The lowest BCUT2D eigenvalue weighted by Gasteiger charge is -2.35. The molecule has 0 amide bonds. The van der Waals surface area contributed by atoms with E-state index in [0.717, 1.165) is 19.4 Å². The van der Waals surface area contributed by atoms with Crippen LogP contribution in [0.15, 0.2) is 0 Å². The van der Waals surface area contributed by atoms with Crippen LogP contribution < -0.4 is 5.48 Å². The highest BCUT2D eigenvalue weighted by Crippen LogP contribution is 2.45. The molecule has 2 atom stereocenters. The van der Waals surface area contributed by atoms with E-state index in [-0.39, 0.29) is 5.60 Å². The molecule has 0 aromatic carbocycles. The van der Waals surface area contributed by atoms with E-state index >= 15 is 0 Å². The van der Waals surface area contributed by atoms with E-state index in [0.29, 0.717) is 13.0 Å². The van der Waals surface area contributed by atoms with Gasteiger partial charge in [0.15, 0.2) is 0 Å². The van der Waals surface area contributed by atoms with Gasteiger partial charge in [-0.15, -0.1) is 0 Å². The highest BCUT2D eigenvalue weighted by Gasteiger charge is 2.35. The predicted octanol–water partition coefficient (Wildman–Crippen LogP) is 5.69. The molecule has 6 heteroatoms. The van der Waals surface area contributed by atoms with Gasteiger partial charge in [-0.3, -0.25) is 4.57 Å². The number of rotatable bonds is 16. The zero-order chi connectivity index (χ0) is 19.2. The highest BCUT2D eigenvalue weighted by molar-refractivity contribution is 7.40. The van der Waals surface area contributed by atoms with E-state index < -0.39 is 13.4 Å². The third kappa shape index (κ3) is 13.9. The van der Waals surface area contributed by atoms with Gasteiger partial charge in [-0.2, -0.15) is 0 Å². The van der Waals surface area contributed by atoms with Crippen LogP contribution in [0, 0.1) is 0 Å². The third-order valence-electron chi connectivity index (χ3n) is 4.19. The molecule has 0 bridgehead atoms. The molecule has 5 nitrogen and oxygen atoms in total. The largest absolute Gasteiger partial charge is 0.360 e. The van der Waals surface area contributed by atoms with Gasteiger partial charge in [-0.05, 0) is 47.0 Å². The summed E-state index contributed by atoms with van der Waals surface area (Å²) >= 11 is 0. The van der Waals surface area contributed by atoms with Crippen LogP contribution in [-0.4, -0.2) is 31.2 Å². The van der Waals surface area contributed by atoms with E-state index in [1.165, 1.54) is 38.5 Å². The normalized spacial score (nSPS) is 15.9. The summed E-state index contributed by atoms with van der Waals surface area (Å²) < 4.78 is 24.1. The molecule has 0 fully saturated rings. The first-order chi connectivity index (χ1) is 11.7. The van der Waals surface area contributed by atoms with Gasteiger partial charge in [0.25, 0.3) is 0 Å². The van der Waals surface area contributed by atoms with Gasteiger partial charge in [0.2, 0.25) is 8.03 Å². The van der Waals surface area contributed by atoms with Crippen molar-refractivity contribution < 1.29 is 18.7 Å². The minimum atomic E-state index is -2.21. The summed E-state index contributed by atoms with van der Waals surface area (Å²) in [6.45, 7) is 11.4. The van der Waals surface area contributed by atoms with E-state index in [1.54, 1.807) is 7.11 Å².